The Kier molecular flexibility index (Phi) is 3.00. The van der Waals surface area contributed by atoms with Crippen molar-refractivity contribution in [2.24, 2.45) is 5.92 Å². The molecule has 5 nitrogen and oxygen atoms in total. The molecule has 19 heavy (non-hydrogen) atoms. The maximum atomic E-state index is 8.84. The van der Waals surface area contributed by atoms with Crippen LogP contribution in [-0.4, -0.2) is 15.1 Å². The molecular formula is C14H14N4O. The van der Waals surface area contributed by atoms with Gasteiger partial charge in [0, 0.05) is 17.7 Å². The Morgan fingerprint density at radius 1 is 1.42 bits per heavy atom. The number of nitriles is 1. The molecule has 3 rings (SSSR count). The van der Waals surface area contributed by atoms with E-state index in [0.717, 1.165) is 30.1 Å². The monoisotopic (exact) mass is 254 g/mol. The summed E-state index contributed by atoms with van der Waals surface area (Å²) >= 11 is 0. The Balaban J connectivity index is 1.86. The van der Waals surface area contributed by atoms with Crippen molar-refractivity contribution >= 4 is 0 Å². The van der Waals surface area contributed by atoms with Gasteiger partial charge in [0.2, 0.25) is 0 Å². The van der Waals surface area contributed by atoms with E-state index in [4.69, 9.17) is 9.78 Å². The van der Waals surface area contributed by atoms with Gasteiger partial charge in [-0.1, -0.05) is 12.1 Å². The lowest BCUT2D eigenvalue weighted by Gasteiger charge is -2.01. The van der Waals surface area contributed by atoms with Gasteiger partial charge < -0.3 is 4.52 Å². The van der Waals surface area contributed by atoms with E-state index in [1.54, 1.807) is 18.3 Å². The standard InChI is InChI=1S/C14H14N4O/c1-9-2-3-10(6-9)13-17-14(19-18-13)11-4-5-16-12(7-11)8-15/h4-5,7,9-10H,2-3,6H2,1H3. The average molecular weight is 254 g/mol. The van der Waals surface area contributed by atoms with Gasteiger partial charge in [-0.3, -0.25) is 0 Å². The lowest BCUT2D eigenvalue weighted by atomic mass is 10.1. The van der Waals surface area contributed by atoms with Crippen molar-refractivity contribution in [1.29, 1.82) is 5.26 Å². The molecule has 1 aliphatic carbocycles. The number of rotatable bonds is 2. The molecule has 0 amide bonds. The first kappa shape index (κ1) is 11.8. The number of hydrogen-bond acceptors (Lipinski definition) is 5. The fraction of sp³-hybridized carbons (Fsp3) is 0.429. The van der Waals surface area contributed by atoms with Crippen molar-refractivity contribution in [2.75, 3.05) is 0 Å². The highest BCUT2D eigenvalue weighted by Gasteiger charge is 2.27. The Morgan fingerprint density at radius 2 is 2.32 bits per heavy atom. The zero-order valence-electron chi connectivity index (χ0n) is 10.7. The van der Waals surface area contributed by atoms with E-state index in [2.05, 4.69) is 22.0 Å². The second-order valence-corrected chi connectivity index (χ2v) is 5.11. The summed E-state index contributed by atoms with van der Waals surface area (Å²) in [5.41, 5.74) is 1.10. The Hall–Kier alpha value is -2.22. The molecule has 2 unspecified atom stereocenters. The third kappa shape index (κ3) is 2.34. The summed E-state index contributed by atoms with van der Waals surface area (Å²) in [5.74, 6) is 2.39. The molecule has 0 spiro atoms. The molecule has 0 bridgehead atoms. The van der Waals surface area contributed by atoms with Crippen LogP contribution in [0.5, 0.6) is 0 Å². The molecule has 0 radical (unpaired) electrons. The van der Waals surface area contributed by atoms with E-state index in [0.29, 0.717) is 17.5 Å². The van der Waals surface area contributed by atoms with Gasteiger partial charge in [0.05, 0.1) is 0 Å². The summed E-state index contributed by atoms with van der Waals surface area (Å²) in [6, 6.07) is 5.44. The van der Waals surface area contributed by atoms with Crippen LogP contribution in [0.3, 0.4) is 0 Å². The van der Waals surface area contributed by atoms with Crippen LogP contribution in [-0.2, 0) is 0 Å². The minimum absolute atomic E-state index is 0.353. The fourth-order valence-electron chi connectivity index (χ4n) is 2.58. The maximum Gasteiger partial charge on any atom is 0.258 e. The SMILES string of the molecule is CC1CCC(c2noc(-c3ccnc(C#N)c3)n2)C1. The van der Waals surface area contributed by atoms with Gasteiger partial charge in [0.15, 0.2) is 5.82 Å². The lowest BCUT2D eigenvalue weighted by molar-refractivity contribution is 0.414. The highest BCUT2D eigenvalue weighted by Crippen LogP contribution is 2.37. The largest absolute Gasteiger partial charge is 0.334 e. The Labute approximate surface area is 111 Å². The first-order chi connectivity index (χ1) is 9.26. The number of nitrogens with zero attached hydrogens (tertiary/aromatic N) is 4. The molecule has 2 atom stereocenters. The Bertz CT molecular complexity index is 628. The summed E-state index contributed by atoms with van der Waals surface area (Å²) in [6.45, 7) is 2.25. The second-order valence-electron chi connectivity index (χ2n) is 5.11. The Morgan fingerprint density at radius 3 is 3.05 bits per heavy atom. The topological polar surface area (TPSA) is 75.6 Å². The molecule has 0 aromatic carbocycles. The van der Waals surface area contributed by atoms with Gasteiger partial charge in [-0.2, -0.15) is 10.2 Å². The van der Waals surface area contributed by atoms with Gasteiger partial charge in [-0.05, 0) is 37.3 Å². The number of pyridine rings is 1. The summed E-state index contributed by atoms with van der Waals surface area (Å²) in [5, 5.41) is 12.9. The summed E-state index contributed by atoms with van der Waals surface area (Å²) in [6.07, 6.45) is 5.05. The van der Waals surface area contributed by atoms with E-state index >= 15 is 0 Å². The summed E-state index contributed by atoms with van der Waals surface area (Å²) in [7, 11) is 0. The molecular weight excluding hydrogens is 240 g/mol. The van der Waals surface area contributed by atoms with Crippen LogP contribution in [0.15, 0.2) is 22.9 Å². The van der Waals surface area contributed by atoms with E-state index in [1.807, 2.05) is 6.07 Å². The summed E-state index contributed by atoms with van der Waals surface area (Å²) < 4.78 is 5.30. The lowest BCUT2D eigenvalue weighted by Crippen LogP contribution is -1.96. The van der Waals surface area contributed by atoms with Crippen molar-refractivity contribution in [3.8, 4) is 17.5 Å². The zero-order chi connectivity index (χ0) is 13.2. The molecule has 2 heterocycles. The highest BCUT2D eigenvalue weighted by molar-refractivity contribution is 5.54. The van der Waals surface area contributed by atoms with Crippen molar-refractivity contribution in [3.63, 3.8) is 0 Å². The average Bonchev–Trinajstić information content (AvgIpc) is 3.07. The number of aromatic nitrogens is 3. The highest BCUT2D eigenvalue weighted by atomic mass is 16.5. The van der Waals surface area contributed by atoms with Crippen molar-refractivity contribution < 1.29 is 4.52 Å². The predicted octanol–water partition coefficient (Wildman–Crippen LogP) is 2.91. The molecule has 96 valence electrons. The minimum Gasteiger partial charge on any atom is -0.334 e. The van der Waals surface area contributed by atoms with Crippen LogP contribution < -0.4 is 0 Å². The summed E-state index contributed by atoms with van der Waals surface area (Å²) in [4.78, 5) is 8.38. The van der Waals surface area contributed by atoms with Gasteiger partial charge in [-0.25, -0.2) is 4.98 Å². The van der Waals surface area contributed by atoms with E-state index in [-0.39, 0.29) is 0 Å². The smallest absolute Gasteiger partial charge is 0.258 e. The molecule has 1 aliphatic rings. The van der Waals surface area contributed by atoms with Crippen LogP contribution in [0, 0.1) is 17.2 Å². The quantitative estimate of drug-likeness (QED) is 0.823. The van der Waals surface area contributed by atoms with Crippen molar-refractivity contribution in [3.05, 3.63) is 29.8 Å². The molecule has 0 N–H and O–H groups in total. The molecule has 2 aromatic heterocycles. The first-order valence-electron chi connectivity index (χ1n) is 6.46. The fourth-order valence-corrected chi connectivity index (χ4v) is 2.58. The normalized spacial score (nSPS) is 22.3. The predicted molar refractivity (Wildman–Crippen MR) is 68.0 cm³/mol. The van der Waals surface area contributed by atoms with Crippen molar-refractivity contribution in [2.45, 2.75) is 32.1 Å². The second kappa shape index (κ2) is 4.81. The minimum atomic E-state index is 0.353. The van der Waals surface area contributed by atoms with Crippen LogP contribution >= 0.6 is 0 Å². The van der Waals surface area contributed by atoms with Crippen LogP contribution in [0.4, 0.5) is 0 Å². The van der Waals surface area contributed by atoms with Crippen LogP contribution in [0.25, 0.3) is 11.5 Å². The van der Waals surface area contributed by atoms with Crippen molar-refractivity contribution in [1.82, 2.24) is 15.1 Å². The van der Waals surface area contributed by atoms with E-state index in [9.17, 15) is 0 Å². The molecule has 1 saturated carbocycles. The van der Waals surface area contributed by atoms with Crippen LogP contribution in [0.2, 0.25) is 0 Å². The molecule has 2 aromatic rings. The molecule has 1 fully saturated rings. The molecule has 0 aliphatic heterocycles. The van der Waals surface area contributed by atoms with E-state index < -0.39 is 0 Å². The number of hydrogen-bond donors (Lipinski definition) is 0. The van der Waals surface area contributed by atoms with E-state index in [1.165, 1.54) is 6.42 Å². The third-order valence-corrected chi connectivity index (χ3v) is 3.62. The maximum absolute atomic E-state index is 8.84. The molecule has 5 heteroatoms. The first-order valence-corrected chi connectivity index (χ1v) is 6.46. The third-order valence-electron chi connectivity index (χ3n) is 3.62. The van der Waals surface area contributed by atoms with Gasteiger partial charge in [0.1, 0.15) is 11.8 Å². The zero-order valence-corrected chi connectivity index (χ0v) is 10.7. The molecule has 0 saturated heterocycles. The van der Waals surface area contributed by atoms with Crippen LogP contribution in [0.1, 0.15) is 43.6 Å². The van der Waals surface area contributed by atoms with Gasteiger partial charge in [0.25, 0.3) is 5.89 Å². The van der Waals surface area contributed by atoms with Gasteiger partial charge >= 0.3 is 0 Å². The van der Waals surface area contributed by atoms with Gasteiger partial charge in [-0.15, -0.1) is 0 Å².